The Morgan fingerprint density at radius 2 is 0.473 bits per heavy atom. The summed E-state index contributed by atoms with van der Waals surface area (Å²) < 4.78 is 13.8. The molecule has 0 aliphatic heterocycles. The maximum Gasteiger partial charge on any atom is 0.159 e. The van der Waals surface area contributed by atoms with E-state index in [0.717, 1.165) is 190 Å². The van der Waals surface area contributed by atoms with Crippen LogP contribution in [0, 0.1) is 0 Å². The van der Waals surface area contributed by atoms with E-state index in [-0.39, 0.29) is 0 Å². The van der Waals surface area contributed by atoms with Crippen LogP contribution in [-0.4, -0.2) is 62.3 Å². The molecule has 0 spiro atoms. The third-order valence-corrected chi connectivity index (χ3v) is 29.2. The Bertz CT molecular complexity index is 9930. The number of para-hydroxylation sites is 6. The average Bonchev–Trinajstić information content (AvgIpc) is 1.57. The van der Waals surface area contributed by atoms with Gasteiger partial charge < -0.3 is 9.13 Å². The highest BCUT2D eigenvalue weighted by atomic mass is 15.1. The van der Waals surface area contributed by atoms with Gasteiger partial charge in [-0.3, -0.25) is 18.3 Å². The van der Waals surface area contributed by atoms with Gasteiger partial charge in [-0.15, -0.1) is 0 Å². The number of benzene rings is 18. The molecule has 0 atom stereocenters. The summed E-state index contributed by atoms with van der Waals surface area (Å²) in [5.41, 5.74) is 36.7. The minimum atomic E-state index is 0.701. The van der Waals surface area contributed by atoms with Crippen LogP contribution >= 0.6 is 0 Å². The van der Waals surface area contributed by atoms with Gasteiger partial charge in [0, 0.05) is 128 Å². The van der Waals surface area contributed by atoms with E-state index < -0.39 is 0 Å². The number of aromatic nitrogens is 13. The molecule has 13 nitrogen and oxygen atoms in total. The van der Waals surface area contributed by atoms with Gasteiger partial charge in [-0.05, 0) is 214 Å². The average molecular weight is 1920 g/mol. The molecule has 0 saturated heterocycles. The largest absolute Gasteiger partial charge is 0.309 e. The topological polar surface area (TPSA) is 120 Å². The lowest BCUT2D eigenvalue weighted by Crippen LogP contribution is -2.02. The van der Waals surface area contributed by atoms with Gasteiger partial charge in [-0.25, -0.2) is 34.9 Å². The van der Waals surface area contributed by atoms with Crippen molar-refractivity contribution in [2.45, 2.75) is 0 Å². The van der Waals surface area contributed by atoms with Crippen LogP contribution in [0.4, 0.5) is 0 Å². The fourth-order valence-electron chi connectivity index (χ4n) is 22.5. The summed E-state index contributed by atoms with van der Waals surface area (Å²) in [6, 6.07) is 182. The highest BCUT2D eigenvalue weighted by Crippen LogP contribution is 2.48. The van der Waals surface area contributed by atoms with Gasteiger partial charge in [0.15, 0.2) is 5.82 Å². The Labute approximate surface area is 863 Å². The molecule has 30 rings (SSSR count). The van der Waals surface area contributed by atoms with Gasteiger partial charge in [0.05, 0.1) is 90.0 Å². The Kier molecular flexibility index (Phi) is 21.6. The standard InChI is InChI=1S/2C46H30N4.C45H29N5/c1-4-14-31(15-5-1)34-29-40(32-16-6-2-7-17-32)48-44(30-34)50-41-23-11-10-20-38(41)45-36(21-12-24-43(45)50)33-25-26-42-39(28-33)37-22-13-27-47-46(37)49(42)35-18-8-3-9-19-35;1-4-14-31(15-5-1)40-29-35(30-41(48-40)32-16-6-2-7-17-32)49-42-23-11-10-20-38(42)45-36(21-12-24-44(45)49)33-25-26-43-39(28-33)37-22-13-27-47-46(37)50(43)34-18-8-3-9-19-34;1-4-14-30(15-5-1)43-41(29-47-44(48-43)31-16-6-2-7-17-31)50-38-23-11-10-20-36(38)42-34(21-12-24-40(42)50)32-25-26-39-37(28-32)35-22-13-27-46-45(35)49(39)33-18-8-3-9-19-33/h2*1-30H;1-29H. The summed E-state index contributed by atoms with van der Waals surface area (Å²) in [7, 11) is 0. The van der Waals surface area contributed by atoms with E-state index in [0.29, 0.717) is 5.82 Å². The lowest BCUT2D eigenvalue weighted by molar-refractivity contribution is 1.08. The zero-order chi connectivity index (χ0) is 99.1. The second-order valence-electron chi connectivity index (χ2n) is 37.8. The molecule has 13 heteroatoms. The van der Waals surface area contributed by atoms with E-state index in [1.807, 2.05) is 91.5 Å². The van der Waals surface area contributed by atoms with E-state index in [4.69, 9.17) is 34.9 Å². The maximum atomic E-state index is 5.33. The quantitative estimate of drug-likeness (QED) is 0.100. The highest BCUT2D eigenvalue weighted by molar-refractivity contribution is 6.21. The number of hydrogen-bond donors (Lipinski definition) is 0. The Balaban J connectivity index is 0.000000108. The van der Waals surface area contributed by atoms with Gasteiger partial charge >= 0.3 is 0 Å². The van der Waals surface area contributed by atoms with E-state index in [2.05, 4.69) is 476 Å². The molecule has 0 saturated carbocycles. The molecule has 0 radical (unpaired) electrons. The smallest absolute Gasteiger partial charge is 0.159 e. The minimum absolute atomic E-state index is 0.701. The second kappa shape index (κ2) is 37.1. The summed E-state index contributed by atoms with van der Waals surface area (Å²) in [5.74, 6) is 1.59. The normalized spacial score (nSPS) is 11.6. The van der Waals surface area contributed by atoms with Crippen molar-refractivity contribution in [3.63, 3.8) is 0 Å². The van der Waals surface area contributed by atoms with Crippen LogP contribution in [0.3, 0.4) is 0 Å². The summed E-state index contributed by atoms with van der Waals surface area (Å²) >= 11 is 0. The fraction of sp³-hybridized carbons (Fsp3) is 0. The van der Waals surface area contributed by atoms with Gasteiger partial charge in [-0.1, -0.05) is 346 Å². The zero-order valence-corrected chi connectivity index (χ0v) is 81.2. The van der Waals surface area contributed by atoms with E-state index >= 15 is 0 Å². The van der Waals surface area contributed by atoms with Crippen LogP contribution < -0.4 is 0 Å². The molecule has 0 bridgehead atoms. The van der Waals surface area contributed by atoms with Crippen molar-refractivity contribution in [1.29, 1.82) is 0 Å². The number of hydrogen-bond acceptors (Lipinski definition) is 7. The fourth-order valence-corrected chi connectivity index (χ4v) is 22.5. The molecule has 0 N–H and O–H groups in total. The monoisotopic (exact) mass is 1920 g/mol. The SMILES string of the molecule is c1ccc(-c2cc(-c3ccccc3)nc(-n3c4ccccc4c4c(-c5ccc6c(c5)c5cccnc5n6-c5ccccc5)cccc43)c2)cc1.c1ccc(-c2cc(-n3c4ccccc4c4c(-c5ccc6c(c5)c5cccnc5n6-c5ccccc5)cccc43)cc(-c3ccccc3)n2)cc1.c1ccc(-c2ncc(-n3c4ccccc4c4c(-c5ccc6c(c5)c5cccnc5n6-c5ccccc5)cccc43)c(-c3ccccc3)n2)cc1. The first-order valence-corrected chi connectivity index (χ1v) is 50.6. The van der Waals surface area contributed by atoms with Crippen LogP contribution in [0.5, 0.6) is 0 Å². The predicted octanol–water partition coefficient (Wildman–Crippen LogP) is 34.4. The third-order valence-electron chi connectivity index (χ3n) is 29.2. The highest BCUT2D eigenvalue weighted by Gasteiger charge is 2.28. The van der Waals surface area contributed by atoms with Crippen molar-refractivity contribution in [2.24, 2.45) is 0 Å². The van der Waals surface area contributed by atoms with Crippen molar-refractivity contribution in [3.8, 4) is 135 Å². The first-order chi connectivity index (χ1) is 74.5. The van der Waals surface area contributed by atoms with Gasteiger partial charge in [0.25, 0.3) is 0 Å². The van der Waals surface area contributed by atoms with E-state index in [1.165, 1.54) is 70.7 Å². The number of rotatable bonds is 15. The third kappa shape index (κ3) is 15.1. The van der Waals surface area contributed by atoms with Crippen molar-refractivity contribution in [2.75, 3.05) is 0 Å². The molecule has 12 heterocycles. The predicted molar refractivity (Wildman–Crippen MR) is 619 cm³/mol. The van der Waals surface area contributed by atoms with Crippen molar-refractivity contribution < 1.29 is 0 Å². The number of fused-ring (bicyclic) bond motifs is 18. The van der Waals surface area contributed by atoms with Crippen LogP contribution in [-0.2, 0) is 0 Å². The molecular formula is C137H89N13. The molecule has 702 valence electrons. The van der Waals surface area contributed by atoms with Gasteiger partial charge in [-0.2, -0.15) is 0 Å². The van der Waals surface area contributed by atoms with Crippen LogP contribution in [0.2, 0.25) is 0 Å². The summed E-state index contributed by atoms with van der Waals surface area (Å²) in [5, 5.41) is 14.2. The Morgan fingerprint density at radius 1 is 0.160 bits per heavy atom. The summed E-state index contributed by atoms with van der Waals surface area (Å²) in [6.07, 6.45) is 7.61. The van der Waals surface area contributed by atoms with Crippen LogP contribution in [0.15, 0.2) is 540 Å². The first-order valence-electron chi connectivity index (χ1n) is 50.6. The van der Waals surface area contributed by atoms with E-state index in [9.17, 15) is 0 Å². The van der Waals surface area contributed by atoms with Crippen molar-refractivity contribution in [1.82, 2.24) is 62.3 Å². The van der Waals surface area contributed by atoms with E-state index in [1.54, 1.807) is 0 Å². The van der Waals surface area contributed by atoms with Gasteiger partial charge in [0.2, 0.25) is 0 Å². The van der Waals surface area contributed by atoms with Gasteiger partial charge in [0.1, 0.15) is 22.8 Å². The summed E-state index contributed by atoms with van der Waals surface area (Å²) in [6.45, 7) is 0. The maximum absolute atomic E-state index is 5.33. The lowest BCUT2D eigenvalue weighted by atomic mass is 9.98. The molecule has 12 aromatic heterocycles. The van der Waals surface area contributed by atoms with Crippen LogP contribution in [0.25, 0.3) is 266 Å². The zero-order valence-electron chi connectivity index (χ0n) is 81.2. The number of nitrogens with zero attached hydrogens (tertiary/aromatic N) is 13. The molecular weight excluding hydrogens is 1830 g/mol. The molecule has 0 unspecified atom stereocenters. The van der Waals surface area contributed by atoms with Crippen molar-refractivity contribution in [3.05, 3.63) is 540 Å². The Morgan fingerprint density at radius 3 is 0.880 bits per heavy atom. The Hall–Kier alpha value is -20.4. The second-order valence-corrected chi connectivity index (χ2v) is 37.8. The molecule has 30 aromatic rings. The molecule has 0 amide bonds. The number of pyridine rings is 5. The molecule has 0 fully saturated rings. The summed E-state index contributed by atoms with van der Waals surface area (Å²) in [4.78, 5) is 35.2. The van der Waals surface area contributed by atoms with Crippen molar-refractivity contribution >= 4 is 131 Å². The first kappa shape index (κ1) is 87.4. The minimum Gasteiger partial charge on any atom is -0.309 e. The molecule has 0 aliphatic carbocycles. The molecule has 150 heavy (non-hydrogen) atoms. The molecule has 0 aliphatic rings. The van der Waals surface area contributed by atoms with Crippen LogP contribution in [0.1, 0.15) is 0 Å². The molecule has 18 aromatic carbocycles. The lowest BCUT2D eigenvalue weighted by Gasteiger charge is -2.14.